The molecule has 3 rings (SSSR count). The van der Waals surface area contributed by atoms with E-state index in [2.05, 4.69) is 9.82 Å². The number of sulfonamides is 1. The highest BCUT2D eigenvalue weighted by Gasteiger charge is 2.19. The van der Waals surface area contributed by atoms with E-state index >= 15 is 0 Å². The molecule has 0 saturated carbocycles. The van der Waals surface area contributed by atoms with Gasteiger partial charge in [-0.2, -0.15) is 5.10 Å². The Morgan fingerprint density at radius 1 is 1.26 bits per heavy atom. The summed E-state index contributed by atoms with van der Waals surface area (Å²) in [6.07, 6.45) is 1.68. The minimum atomic E-state index is -3.66. The van der Waals surface area contributed by atoms with Crippen LogP contribution in [0.2, 0.25) is 5.02 Å². The molecule has 0 amide bonds. The molecule has 0 spiro atoms. The van der Waals surface area contributed by atoms with Crippen molar-refractivity contribution in [3.63, 3.8) is 0 Å². The molecule has 0 aliphatic rings. The van der Waals surface area contributed by atoms with Gasteiger partial charge in [-0.1, -0.05) is 17.7 Å². The van der Waals surface area contributed by atoms with Crippen molar-refractivity contribution in [3.8, 4) is 11.3 Å². The smallest absolute Gasteiger partial charge is 0.271 e. The third-order valence-corrected chi connectivity index (χ3v) is 6.44. The molecule has 0 atom stereocenters. The summed E-state index contributed by atoms with van der Waals surface area (Å²) in [5, 5.41) is 6.38. The summed E-state index contributed by atoms with van der Waals surface area (Å²) in [5.74, 6) is 0. The number of benzene rings is 1. The average Bonchev–Trinajstić information content (AvgIpc) is 3.11. The van der Waals surface area contributed by atoms with Crippen molar-refractivity contribution in [1.29, 1.82) is 0 Å². The lowest BCUT2D eigenvalue weighted by Gasteiger charge is -2.09. The molecule has 5 nitrogen and oxygen atoms in total. The Labute approximate surface area is 143 Å². The summed E-state index contributed by atoms with van der Waals surface area (Å²) in [4.78, 5) is 0. The first-order chi connectivity index (χ1) is 10.9. The second-order valence-electron chi connectivity index (χ2n) is 5.06. The maximum atomic E-state index is 12.6. The van der Waals surface area contributed by atoms with Crippen molar-refractivity contribution in [2.45, 2.75) is 11.1 Å². The van der Waals surface area contributed by atoms with Crippen molar-refractivity contribution < 1.29 is 8.42 Å². The molecule has 0 fully saturated rings. The van der Waals surface area contributed by atoms with E-state index in [1.807, 2.05) is 20.0 Å². The summed E-state index contributed by atoms with van der Waals surface area (Å²) in [7, 11) is -1.84. The minimum absolute atomic E-state index is 0.244. The quantitative estimate of drug-likeness (QED) is 0.760. The first-order valence-corrected chi connectivity index (χ1v) is 9.47. The van der Waals surface area contributed by atoms with Gasteiger partial charge in [0.25, 0.3) is 10.0 Å². The zero-order valence-corrected chi connectivity index (χ0v) is 14.8. The molecule has 120 valence electrons. The van der Waals surface area contributed by atoms with Crippen LogP contribution < -0.4 is 4.72 Å². The molecule has 0 radical (unpaired) electrons. The van der Waals surface area contributed by atoms with Crippen LogP contribution in [0.1, 0.15) is 5.56 Å². The van der Waals surface area contributed by atoms with Crippen LogP contribution in [0.5, 0.6) is 0 Å². The van der Waals surface area contributed by atoms with E-state index in [-0.39, 0.29) is 4.21 Å². The van der Waals surface area contributed by atoms with Crippen molar-refractivity contribution >= 4 is 38.6 Å². The predicted molar refractivity (Wildman–Crippen MR) is 93.5 cm³/mol. The Bertz CT molecular complexity index is 961. The normalized spacial score (nSPS) is 11.6. The number of hydrogen-bond acceptors (Lipinski definition) is 4. The van der Waals surface area contributed by atoms with Crippen LogP contribution in [-0.4, -0.2) is 18.2 Å². The molecule has 2 aromatic heterocycles. The summed E-state index contributed by atoms with van der Waals surface area (Å²) in [5.41, 5.74) is 2.97. The molecule has 0 bridgehead atoms. The fourth-order valence-electron chi connectivity index (χ4n) is 2.15. The largest absolute Gasteiger partial charge is 0.279 e. The second kappa shape index (κ2) is 5.99. The first-order valence-electron chi connectivity index (χ1n) is 6.73. The number of thiophene rings is 1. The predicted octanol–water partition coefficient (Wildman–Crippen LogP) is 3.91. The highest BCUT2D eigenvalue weighted by molar-refractivity contribution is 7.94. The molecule has 0 aliphatic carbocycles. The molecule has 2 heterocycles. The van der Waals surface area contributed by atoms with Crippen LogP contribution >= 0.6 is 22.9 Å². The lowest BCUT2D eigenvalue weighted by molar-refractivity contribution is 0.603. The van der Waals surface area contributed by atoms with Crippen LogP contribution in [0.3, 0.4) is 0 Å². The fourth-order valence-corrected chi connectivity index (χ4v) is 4.62. The number of nitrogens with zero attached hydrogens (tertiary/aromatic N) is 2. The Morgan fingerprint density at radius 3 is 2.74 bits per heavy atom. The van der Waals surface area contributed by atoms with Crippen molar-refractivity contribution in [2.24, 2.45) is 7.05 Å². The number of aromatic nitrogens is 2. The number of hydrogen-bond donors (Lipinski definition) is 1. The van der Waals surface area contributed by atoms with Gasteiger partial charge in [-0.05, 0) is 36.8 Å². The fraction of sp³-hybridized carbons (Fsp3) is 0.133. The zero-order chi connectivity index (χ0) is 16.6. The SMILES string of the molecule is Cc1ccc(Cl)cc1NS(=O)(=O)c1cc(-c2ccnn2C)cs1. The minimum Gasteiger partial charge on any atom is -0.279 e. The van der Waals surface area contributed by atoms with Crippen LogP contribution in [0.4, 0.5) is 5.69 Å². The number of halogens is 1. The van der Waals surface area contributed by atoms with E-state index in [1.54, 1.807) is 40.5 Å². The van der Waals surface area contributed by atoms with E-state index in [9.17, 15) is 8.42 Å². The first kappa shape index (κ1) is 16.0. The van der Waals surface area contributed by atoms with E-state index in [0.29, 0.717) is 10.7 Å². The van der Waals surface area contributed by atoms with E-state index in [0.717, 1.165) is 16.8 Å². The van der Waals surface area contributed by atoms with Gasteiger partial charge < -0.3 is 0 Å². The molecule has 3 aromatic rings. The Kier molecular flexibility index (Phi) is 4.18. The summed E-state index contributed by atoms with van der Waals surface area (Å²) >= 11 is 7.11. The van der Waals surface area contributed by atoms with Crippen LogP contribution in [0.25, 0.3) is 11.3 Å². The molecule has 8 heteroatoms. The van der Waals surface area contributed by atoms with Gasteiger partial charge in [0.1, 0.15) is 4.21 Å². The number of anilines is 1. The summed E-state index contributed by atoms with van der Waals surface area (Å²) < 4.78 is 29.7. The maximum absolute atomic E-state index is 12.6. The van der Waals surface area contributed by atoms with Gasteiger partial charge in [0.05, 0.1) is 11.4 Å². The molecule has 1 N–H and O–H groups in total. The van der Waals surface area contributed by atoms with Crippen LogP contribution in [0.15, 0.2) is 46.1 Å². The van der Waals surface area contributed by atoms with Crippen molar-refractivity contribution in [1.82, 2.24) is 9.78 Å². The number of aryl methyl sites for hydroxylation is 2. The zero-order valence-electron chi connectivity index (χ0n) is 12.4. The van der Waals surface area contributed by atoms with Crippen LogP contribution in [-0.2, 0) is 17.1 Å². The van der Waals surface area contributed by atoms with Crippen molar-refractivity contribution in [3.05, 3.63) is 52.5 Å². The molecular formula is C15H14ClN3O2S2. The van der Waals surface area contributed by atoms with Gasteiger partial charge in [0.15, 0.2) is 0 Å². The standard InChI is InChI=1S/C15H14ClN3O2S2/c1-10-3-4-12(16)8-13(10)18-23(20,21)15-7-11(9-22-15)14-5-6-17-19(14)2/h3-9,18H,1-2H3. The average molecular weight is 368 g/mol. The number of rotatable bonds is 4. The van der Waals surface area contributed by atoms with Gasteiger partial charge in [-0.3, -0.25) is 9.40 Å². The molecule has 23 heavy (non-hydrogen) atoms. The highest BCUT2D eigenvalue weighted by atomic mass is 35.5. The highest BCUT2D eigenvalue weighted by Crippen LogP contribution is 2.30. The summed E-state index contributed by atoms with van der Waals surface area (Å²) in [6.45, 7) is 1.82. The van der Waals surface area contributed by atoms with Crippen LogP contribution in [0, 0.1) is 6.92 Å². The van der Waals surface area contributed by atoms with E-state index in [4.69, 9.17) is 11.6 Å². The monoisotopic (exact) mass is 367 g/mol. The Morgan fingerprint density at radius 2 is 2.04 bits per heavy atom. The molecule has 0 aliphatic heterocycles. The topological polar surface area (TPSA) is 64.0 Å². The Hall–Kier alpha value is -1.83. The van der Waals surface area contributed by atoms with Gasteiger partial charge >= 0.3 is 0 Å². The third-order valence-electron chi connectivity index (χ3n) is 3.40. The lowest BCUT2D eigenvalue weighted by Crippen LogP contribution is -2.12. The molecule has 0 saturated heterocycles. The van der Waals surface area contributed by atoms with E-state index in [1.165, 1.54) is 11.3 Å². The molecule has 1 aromatic carbocycles. The molecular weight excluding hydrogens is 354 g/mol. The molecule has 0 unspecified atom stereocenters. The summed E-state index contributed by atoms with van der Waals surface area (Å²) in [6, 6.07) is 8.58. The van der Waals surface area contributed by atoms with E-state index < -0.39 is 10.0 Å². The van der Waals surface area contributed by atoms with Gasteiger partial charge in [-0.25, -0.2) is 8.42 Å². The number of nitrogens with one attached hydrogen (secondary N) is 1. The van der Waals surface area contributed by atoms with Gasteiger partial charge in [-0.15, -0.1) is 11.3 Å². The van der Waals surface area contributed by atoms with Gasteiger partial charge in [0.2, 0.25) is 0 Å². The second-order valence-corrected chi connectivity index (χ2v) is 8.32. The van der Waals surface area contributed by atoms with Crippen molar-refractivity contribution in [2.75, 3.05) is 4.72 Å². The Balaban J connectivity index is 1.93. The maximum Gasteiger partial charge on any atom is 0.271 e. The lowest BCUT2D eigenvalue weighted by atomic mass is 10.2. The third kappa shape index (κ3) is 3.26. The van der Waals surface area contributed by atoms with Gasteiger partial charge in [0, 0.05) is 29.2 Å².